The van der Waals surface area contributed by atoms with Gasteiger partial charge in [0.2, 0.25) is 0 Å². The van der Waals surface area contributed by atoms with Crippen molar-refractivity contribution in [2.75, 3.05) is 26.7 Å². The van der Waals surface area contributed by atoms with E-state index in [-0.39, 0.29) is 11.3 Å². The topological polar surface area (TPSA) is 64.8 Å². The number of hydrogen-bond donors (Lipinski definition) is 1. The minimum Gasteiger partial charge on any atom is -0.358 e. The van der Waals surface area contributed by atoms with Crippen LogP contribution < -0.4 is 5.32 Å². The van der Waals surface area contributed by atoms with Crippen molar-refractivity contribution in [1.82, 2.24) is 15.2 Å². The van der Waals surface area contributed by atoms with Crippen molar-refractivity contribution in [3.8, 4) is 0 Å². The van der Waals surface area contributed by atoms with Crippen LogP contribution in [0.1, 0.15) is 60.8 Å². The van der Waals surface area contributed by atoms with Crippen LogP contribution in [-0.4, -0.2) is 60.6 Å². The quantitative estimate of drug-likeness (QED) is 0.573. The second kappa shape index (κ2) is 9.76. The summed E-state index contributed by atoms with van der Waals surface area (Å²) < 4.78 is 5.63. The molecule has 4 heterocycles. The van der Waals surface area contributed by atoms with E-state index in [4.69, 9.17) is 14.8 Å². The lowest BCUT2D eigenvalue weighted by molar-refractivity contribution is 0.0567. The summed E-state index contributed by atoms with van der Waals surface area (Å²) in [5.41, 5.74) is 0.646. The zero-order valence-electron chi connectivity index (χ0n) is 22.5. The average molecular weight is 479 g/mol. The fraction of sp³-hybridized carbons (Fsp3) is 0.607. The number of likely N-dealkylation sites (tertiary alicyclic amines) is 1. The molecule has 0 saturated carbocycles. The third-order valence-electron chi connectivity index (χ3n) is 7.19. The highest BCUT2D eigenvalue weighted by Gasteiger charge is 2.30. The van der Waals surface area contributed by atoms with E-state index in [1.54, 1.807) is 7.11 Å². The van der Waals surface area contributed by atoms with Crippen LogP contribution in [0.2, 0.25) is 0 Å². The van der Waals surface area contributed by atoms with Crippen molar-refractivity contribution in [3.63, 3.8) is 0 Å². The maximum absolute atomic E-state index is 5.63. The second-order valence-corrected chi connectivity index (χ2v) is 11.7. The zero-order chi connectivity index (χ0) is 25.3. The zero-order valence-corrected chi connectivity index (χ0v) is 22.5. The van der Waals surface area contributed by atoms with E-state index in [1.165, 1.54) is 19.3 Å². The molecule has 2 atom stereocenters. The third-order valence-corrected chi connectivity index (χ3v) is 7.19. The van der Waals surface area contributed by atoms with Crippen molar-refractivity contribution >= 4 is 18.3 Å². The molecule has 7 nitrogen and oxygen atoms in total. The van der Waals surface area contributed by atoms with Gasteiger partial charge in [0.15, 0.2) is 11.6 Å². The van der Waals surface area contributed by atoms with Gasteiger partial charge in [0, 0.05) is 50.0 Å². The smallest absolute Gasteiger partial charge is 0.174 e. The van der Waals surface area contributed by atoms with E-state index in [9.17, 15) is 0 Å². The number of nitrogens with zero attached hydrogens (tertiary/aromatic N) is 5. The number of hydrazone groups is 1. The minimum atomic E-state index is -0.671. The first-order valence-electron chi connectivity index (χ1n) is 12.8. The number of fused-ring (bicyclic) bond motifs is 1. The number of nitrogens with one attached hydrogen (secondary N) is 1. The number of rotatable bonds is 4. The molecule has 1 saturated heterocycles. The van der Waals surface area contributed by atoms with Crippen LogP contribution in [-0.2, 0) is 4.74 Å². The van der Waals surface area contributed by atoms with Gasteiger partial charge in [-0.2, -0.15) is 10.1 Å². The first kappa shape index (κ1) is 25.4. The molecule has 190 valence electrons. The molecule has 0 bridgehead atoms. The standard InChI is InChI=1S/C28H42N6O/c1-21-15-25-32-24(33-13-8-9-26(2,3)12-14-33)16-23(34(25)31-18-21)29-19-22-17-27(4,5)10-11-28(6,35-7)30-20-22/h10-11,15-18,20-21,32H,8-9,12-14,19H2,1-7H3/b11-10-,22-17-,29-23?,30-20-. The summed E-state index contributed by atoms with van der Waals surface area (Å²) in [7, 11) is 1.69. The Labute approximate surface area is 211 Å². The first-order chi connectivity index (χ1) is 16.5. The molecule has 4 aliphatic rings. The molecule has 4 rings (SSSR count). The Morgan fingerprint density at radius 2 is 1.91 bits per heavy atom. The molecule has 7 heteroatoms. The molecule has 0 aromatic heterocycles. The van der Waals surface area contributed by atoms with Crippen molar-refractivity contribution in [3.05, 3.63) is 47.6 Å². The number of amidine groups is 1. The van der Waals surface area contributed by atoms with E-state index in [2.05, 4.69) is 74.1 Å². The Balaban J connectivity index is 1.64. The van der Waals surface area contributed by atoms with E-state index >= 15 is 0 Å². The summed E-state index contributed by atoms with van der Waals surface area (Å²) in [6, 6.07) is 0. The molecule has 0 aromatic rings. The average Bonchev–Trinajstić information content (AvgIpc) is 2.98. The Morgan fingerprint density at radius 3 is 2.69 bits per heavy atom. The van der Waals surface area contributed by atoms with E-state index in [1.807, 2.05) is 30.4 Å². The highest BCUT2D eigenvalue weighted by Crippen LogP contribution is 2.32. The van der Waals surface area contributed by atoms with Crippen LogP contribution >= 0.6 is 0 Å². The lowest BCUT2D eigenvalue weighted by Gasteiger charge is -2.36. The van der Waals surface area contributed by atoms with Gasteiger partial charge in [0.25, 0.3) is 0 Å². The fourth-order valence-corrected chi connectivity index (χ4v) is 4.74. The fourth-order valence-electron chi connectivity index (χ4n) is 4.74. The molecular weight excluding hydrogens is 436 g/mol. The van der Waals surface area contributed by atoms with Crippen LogP contribution in [0.4, 0.5) is 0 Å². The van der Waals surface area contributed by atoms with Crippen molar-refractivity contribution in [1.29, 1.82) is 0 Å². The SMILES string of the molecule is COC1(C)/C=C\C(C)(C)/C=C(CN=C2C=C(N3CCCC(C)(C)CC3)NC3=CC(C)C=NN32)\C=N/1. The van der Waals surface area contributed by atoms with Gasteiger partial charge >= 0.3 is 0 Å². The predicted octanol–water partition coefficient (Wildman–Crippen LogP) is 5.08. The van der Waals surface area contributed by atoms with Crippen LogP contribution in [0, 0.1) is 16.7 Å². The number of aliphatic imine (C=N–C) groups is 2. The molecule has 4 aliphatic heterocycles. The largest absolute Gasteiger partial charge is 0.358 e. The monoisotopic (exact) mass is 478 g/mol. The lowest BCUT2D eigenvalue weighted by Crippen LogP contribution is -2.44. The summed E-state index contributed by atoms with van der Waals surface area (Å²) >= 11 is 0. The maximum Gasteiger partial charge on any atom is 0.174 e. The van der Waals surface area contributed by atoms with Gasteiger partial charge in [-0.05, 0) is 49.3 Å². The highest BCUT2D eigenvalue weighted by molar-refractivity contribution is 5.97. The Morgan fingerprint density at radius 1 is 1.11 bits per heavy atom. The van der Waals surface area contributed by atoms with Crippen molar-refractivity contribution in [2.45, 2.75) is 66.5 Å². The number of allylic oxidation sites excluding steroid dienone is 3. The van der Waals surface area contributed by atoms with Crippen molar-refractivity contribution < 1.29 is 4.74 Å². The predicted molar refractivity (Wildman–Crippen MR) is 145 cm³/mol. The molecular formula is C28H42N6O. The number of methoxy groups -OCH3 is 1. The van der Waals surface area contributed by atoms with Crippen LogP contribution in [0.25, 0.3) is 0 Å². The van der Waals surface area contributed by atoms with Gasteiger partial charge in [0.1, 0.15) is 11.6 Å². The van der Waals surface area contributed by atoms with Crippen LogP contribution in [0.5, 0.6) is 0 Å². The van der Waals surface area contributed by atoms with Crippen LogP contribution in [0.15, 0.2) is 62.7 Å². The molecule has 0 aromatic carbocycles. The molecule has 1 N–H and O–H groups in total. The third kappa shape index (κ3) is 6.31. The summed E-state index contributed by atoms with van der Waals surface area (Å²) in [6.45, 7) is 15.9. The van der Waals surface area contributed by atoms with Gasteiger partial charge in [-0.1, -0.05) is 46.8 Å². The normalized spacial score (nSPS) is 34.3. The molecule has 35 heavy (non-hydrogen) atoms. The van der Waals surface area contributed by atoms with Gasteiger partial charge in [0.05, 0.1) is 6.54 Å². The minimum absolute atomic E-state index is 0.125. The van der Waals surface area contributed by atoms with E-state index in [0.717, 1.165) is 36.1 Å². The lowest BCUT2D eigenvalue weighted by atomic mass is 9.85. The maximum atomic E-state index is 5.63. The van der Waals surface area contributed by atoms with Gasteiger partial charge in [-0.15, -0.1) is 0 Å². The van der Waals surface area contributed by atoms with Gasteiger partial charge in [-0.3, -0.25) is 9.98 Å². The first-order valence-corrected chi connectivity index (χ1v) is 12.8. The Kier molecular flexibility index (Phi) is 7.09. The molecule has 0 amide bonds. The summed E-state index contributed by atoms with van der Waals surface area (Å²) in [5.74, 6) is 3.21. The summed E-state index contributed by atoms with van der Waals surface area (Å²) in [4.78, 5) is 12.2. The number of hydrogen-bond acceptors (Lipinski definition) is 6. The van der Waals surface area contributed by atoms with E-state index in [0.29, 0.717) is 12.0 Å². The molecule has 0 radical (unpaired) electrons. The number of ether oxygens (including phenoxy) is 1. The van der Waals surface area contributed by atoms with Gasteiger partial charge in [-0.25, -0.2) is 0 Å². The summed E-state index contributed by atoms with van der Waals surface area (Å²) in [5, 5.41) is 10.3. The van der Waals surface area contributed by atoms with Gasteiger partial charge < -0.3 is 15.0 Å². The highest BCUT2D eigenvalue weighted by atomic mass is 16.5. The van der Waals surface area contributed by atoms with E-state index < -0.39 is 5.72 Å². The molecule has 2 unspecified atom stereocenters. The Bertz CT molecular complexity index is 1030. The van der Waals surface area contributed by atoms with Crippen LogP contribution in [0.3, 0.4) is 0 Å². The molecule has 1 fully saturated rings. The second-order valence-electron chi connectivity index (χ2n) is 11.7. The Hall–Kier alpha value is -2.67. The van der Waals surface area contributed by atoms with Crippen molar-refractivity contribution in [2.24, 2.45) is 31.8 Å². The molecule has 0 aliphatic carbocycles. The molecule has 0 spiro atoms. The summed E-state index contributed by atoms with van der Waals surface area (Å²) in [6.07, 6.45) is 18.3.